The van der Waals surface area contributed by atoms with Crippen molar-refractivity contribution in [2.24, 2.45) is 0 Å². The van der Waals surface area contributed by atoms with Gasteiger partial charge in [0, 0.05) is 43.7 Å². The lowest BCUT2D eigenvalue weighted by atomic mass is 9.95. The fourth-order valence-electron chi connectivity index (χ4n) is 4.63. The molecule has 6 heteroatoms. The molecule has 0 bridgehead atoms. The van der Waals surface area contributed by atoms with Gasteiger partial charge in [-0.3, -0.25) is 4.79 Å². The maximum Gasteiger partial charge on any atom is 0.254 e. The number of hydrogen-bond acceptors (Lipinski definition) is 4. The Hall–Kier alpha value is -2.96. The Kier molecular flexibility index (Phi) is 7.26. The Morgan fingerprint density at radius 2 is 1.97 bits per heavy atom. The summed E-state index contributed by atoms with van der Waals surface area (Å²) in [6.07, 6.45) is 5.33. The van der Waals surface area contributed by atoms with Gasteiger partial charge < -0.3 is 14.5 Å². The Bertz CT molecular complexity index is 1060. The summed E-state index contributed by atoms with van der Waals surface area (Å²) in [5, 5.41) is 4.34. The van der Waals surface area contributed by atoms with Crippen molar-refractivity contribution >= 4 is 5.91 Å². The van der Waals surface area contributed by atoms with E-state index in [4.69, 9.17) is 4.74 Å². The highest BCUT2D eigenvalue weighted by atomic mass is 16.5. The van der Waals surface area contributed by atoms with Crippen molar-refractivity contribution in [1.82, 2.24) is 19.6 Å². The van der Waals surface area contributed by atoms with E-state index in [0.29, 0.717) is 18.7 Å². The molecule has 1 saturated heterocycles. The van der Waals surface area contributed by atoms with Gasteiger partial charge in [0.15, 0.2) is 0 Å². The van der Waals surface area contributed by atoms with Crippen molar-refractivity contribution in [2.45, 2.75) is 45.4 Å². The van der Waals surface area contributed by atoms with Crippen molar-refractivity contribution in [1.29, 1.82) is 0 Å². The first kappa shape index (κ1) is 23.2. The topological polar surface area (TPSA) is 50.6 Å². The third-order valence-electron chi connectivity index (χ3n) is 6.36. The fraction of sp³-hybridized carbons (Fsp3) is 0.407. The second kappa shape index (κ2) is 10.3. The largest absolute Gasteiger partial charge is 0.373 e. The summed E-state index contributed by atoms with van der Waals surface area (Å²) in [5.41, 5.74) is 5.19. The Labute approximate surface area is 196 Å². The molecule has 4 rings (SSSR count). The fourth-order valence-corrected chi connectivity index (χ4v) is 4.63. The molecule has 2 aromatic carbocycles. The zero-order valence-corrected chi connectivity index (χ0v) is 20.1. The van der Waals surface area contributed by atoms with Crippen LogP contribution in [0.3, 0.4) is 0 Å². The minimum Gasteiger partial charge on any atom is -0.373 e. The van der Waals surface area contributed by atoms with Crippen LogP contribution in [0, 0.1) is 6.92 Å². The van der Waals surface area contributed by atoms with E-state index in [2.05, 4.69) is 55.3 Å². The predicted molar refractivity (Wildman–Crippen MR) is 131 cm³/mol. The SMILES string of the molecule is CCN(C(=O)c1ccc(C)c(-n2cccn2)c1)[C@H]1CCO[C@@H](c2ccc(CN(C)C)cc2)C1. The third kappa shape index (κ3) is 5.34. The molecule has 2 atom stereocenters. The maximum absolute atomic E-state index is 13.5. The van der Waals surface area contributed by atoms with Gasteiger partial charge in [-0.1, -0.05) is 30.3 Å². The van der Waals surface area contributed by atoms with E-state index in [0.717, 1.165) is 30.6 Å². The number of aromatic nitrogens is 2. The molecular weight excluding hydrogens is 412 g/mol. The van der Waals surface area contributed by atoms with Gasteiger partial charge in [0.05, 0.1) is 11.8 Å². The summed E-state index contributed by atoms with van der Waals surface area (Å²) in [4.78, 5) is 17.7. The number of ether oxygens (including phenoxy) is 1. The highest BCUT2D eigenvalue weighted by Crippen LogP contribution is 2.32. The van der Waals surface area contributed by atoms with Crippen LogP contribution in [0.5, 0.6) is 0 Å². The first-order valence-corrected chi connectivity index (χ1v) is 11.7. The van der Waals surface area contributed by atoms with Gasteiger partial charge in [-0.15, -0.1) is 0 Å². The Morgan fingerprint density at radius 1 is 1.18 bits per heavy atom. The molecule has 33 heavy (non-hydrogen) atoms. The monoisotopic (exact) mass is 446 g/mol. The molecule has 0 unspecified atom stereocenters. The van der Waals surface area contributed by atoms with E-state index < -0.39 is 0 Å². The normalized spacial score (nSPS) is 18.5. The zero-order chi connectivity index (χ0) is 23.4. The second-order valence-corrected chi connectivity index (χ2v) is 9.06. The molecule has 0 spiro atoms. The molecule has 1 aliphatic heterocycles. The third-order valence-corrected chi connectivity index (χ3v) is 6.36. The first-order valence-electron chi connectivity index (χ1n) is 11.7. The lowest BCUT2D eigenvalue weighted by Gasteiger charge is -2.37. The quantitative estimate of drug-likeness (QED) is 0.531. The van der Waals surface area contributed by atoms with Gasteiger partial charge in [0.2, 0.25) is 0 Å². The number of benzene rings is 2. The van der Waals surface area contributed by atoms with Crippen LogP contribution in [0.1, 0.15) is 52.9 Å². The average Bonchev–Trinajstić information content (AvgIpc) is 3.35. The summed E-state index contributed by atoms with van der Waals surface area (Å²) in [7, 11) is 4.15. The number of aryl methyl sites for hydroxylation is 1. The molecule has 1 fully saturated rings. The molecule has 6 nitrogen and oxygen atoms in total. The lowest BCUT2D eigenvalue weighted by molar-refractivity contribution is -0.0231. The summed E-state index contributed by atoms with van der Waals surface area (Å²) < 4.78 is 7.93. The van der Waals surface area contributed by atoms with E-state index in [9.17, 15) is 4.79 Å². The van der Waals surface area contributed by atoms with Crippen LogP contribution >= 0.6 is 0 Å². The van der Waals surface area contributed by atoms with Crippen LogP contribution in [-0.2, 0) is 11.3 Å². The van der Waals surface area contributed by atoms with Gasteiger partial charge in [-0.05, 0) is 75.7 Å². The van der Waals surface area contributed by atoms with Crippen molar-refractivity contribution in [2.75, 3.05) is 27.2 Å². The molecule has 1 aliphatic rings. The van der Waals surface area contributed by atoms with Crippen molar-refractivity contribution in [3.05, 3.63) is 83.2 Å². The minimum atomic E-state index is 0.0108. The second-order valence-electron chi connectivity index (χ2n) is 9.06. The molecule has 0 aliphatic carbocycles. The van der Waals surface area contributed by atoms with Crippen LogP contribution in [-0.4, -0.2) is 58.8 Å². The van der Waals surface area contributed by atoms with Crippen molar-refractivity contribution in [3.8, 4) is 5.69 Å². The summed E-state index contributed by atoms with van der Waals surface area (Å²) in [5.74, 6) is 0.0675. The molecule has 1 aromatic heterocycles. The smallest absolute Gasteiger partial charge is 0.254 e. The van der Waals surface area contributed by atoms with E-state index in [1.165, 1.54) is 11.1 Å². The highest BCUT2D eigenvalue weighted by Gasteiger charge is 2.31. The molecule has 0 radical (unpaired) electrons. The average molecular weight is 447 g/mol. The lowest BCUT2D eigenvalue weighted by Crippen LogP contribution is -2.44. The maximum atomic E-state index is 13.5. The highest BCUT2D eigenvalue weighted by molar-refractivity contribution is 5.95. The van der Waals surface area contributed by atoms with Crippen LogP contribution < -0.4 is 0 Å². The molecule has 1 amide bonds. The van der Waals surface area contributed by atoms with Gasteiger partial charge >= 0.3 is 0 Å². The van der Waals surface area contributed by atoms with Crippen LogP contribution in [0.2, 0.25) is 0 Å². The van der Waals surface area contributed by atoms with E-state index in [1.54, 1.807) is 6.20 Å². The number of rotatable bonds is 7. The van der Waals surface area contributed by atoms with E-state index >= 15 is 0 Å². The van der Waals surface area contributed by atoms with E-state index in [-0.39, 0.29) is 18.1 Å². The number of hydrogen-bond donors (Lipinski definition) is 0. The van der Waals surface area contributed by atoms with Crippen molar-refractivity contribution in [3.63, 3.8) is 0 Å². The summed E-state index contributed by atoms with van der Waals surface area (Å²) >= 11 is 0. The predicted octanol–water partition coefficient (Wildman–Crippen LogP) is 4.62. The number of nitrogens with zero attached hydrogens (tertiary/aromatic N) is 4. The van der Waals surface area contributed by atoms with Gasteiger partial charge in [-0.2, -0.15) is 5.10 Å². The van der Waals surface area contributed by atoms with Gasteiger partial charge in [0.25, 0.3) is 5.91 Å². The molecule has 0 saturated carbocycles. The zero-order valence-electron chi connectivity index (χ0n) is 20.1. The van der Waals surface area contributed by atoms with E-state index in [1.807, 2.05) is 47.0 Å². The molecule has 3 aromatic rings. The van der Waals surface area contributed by atoms with Crippen molar-refractivity contribution < 1.29 is 9.53 Å². The van der Waals surface area contributed by atoms with Crippen LogP contribution in [0.25, 0.3) is 5.69 Å². The summed E-state index contributed by atoms with van der Waals surface area (Å²) in [6.45, 7) is 6.34. The number of carbonyl (C=O) groups excluding carboxylic acids is 1. The Balaban J connectivity index is 1.50. The molecule has 0 N–H and O–H groups in total. The number of amides is 1. The van der Waals surface area contributed by atoms with Crippen LogP contribution in [0.4, 0.5) is 0 Å². The number of carbonyl (C=O) groups is 1. The van der Waals surface area contributed by atoms with Crippen LogP contribution in [0.15, 0.2) is 60.9 Å². The van der Waals surface area contributed by atoms with Gasteiger partial charge in [0.1, 0.15) is 0 Å². The minimum absolute atomic E-state index is 0.0108. The molecule has 2 heterocycles. The molecule has 174 valence electrons. The molecular formula is C27H34N4O2. The Morgan fingerprint density at radius 3 is 2.64 bits per heavy atom. The standard InChI is InChI=1S/C27H34N4O2/c1-5-30(27(32)23-10-7-20(2)25(17-23)31-15-6-14-28-31)24-13-16-33-26(18-24)22-11-8-21(9-12-22)19-29(3)4/h6-12,14-15,17,24,26H,5,13,16,18-19H2,1-4H3/t24-,26+/m0/s1. The van der Waals surface area contributed by atoms with Gasteiger partial charge in [-0.25, -0.2) is 4.68 Å². The summed E-state index contributed by atoms with van der Waals surface area (Å²) in [6, 6.07) is 16.6. The first-order chi connectivity index (χ1) is 16.0.